The summed E-state index contributed by atoms with van der Waals surface area (Å²) in [5.41, 5.74) is 0. The van der Waals surface area contributed by atoms with Gasteiger partial charge in [0.2, 0.25) is 10.0 Å². The molecule has 0 atom stereocenters. The van der Waals surface area contributed by atoms with E-state index >= 15 is 0 Å². The molecule has 0 radical (unpaired) electrons. The molecule has 1 heterocycles. The van der Waals surface area contributed by atoms with Gasteiger partial charge in [-0.3, -0.25) is 0 Å². The number of alkyl halides is 3. The highest BCUT2D eigenvalue weighted by molar-refractivity contribution is 7.89. The second-order valence-electron chi connectivity index (χ2n) is 4.98. The predicted molar refractivity (Wildman–Crippen MR) is 74.7 cm³/mol. The van der Waals surface area contributed by atoms with Crippen LogP contribution in [0.3, 0.4) is 0 Å². The van der Waals surface area contributed by atoms with Crippen LogP contribution in [0.1, 0.15) is 30.6 Å². The van der Waals surface area contributed by atoms with Crippen LogP contribution in [-0.2, 0) is 16.6 Å². The van der Waals surface area contributed by atoms with E-state index in [1.807, 2.05) is 0 Å². The third kappa shape index (κ3) is 5.57. The maximum absolute atomic E-state index is 12.1. The monoisotopic (exact) mass is 342 g/mol. The number of hydrogen-bond donors (Lipinski definition) is 2. The van der Waals surface area contributed by atoms with Crippen molar-refractivity contribution < 1.29 is 21.6 Å². The van der Waals surface area contributed by atoms with Crippen LogP contribution in [0.2, 0.25) is 0 Å². The second kappa shape index (κ2) is 6.64. The Morgan fingerprint density at radius 1 is 1.33 bits per heavy atom. The fraction of sp³-hybridized carbons (Fsp3) is 0.667. The van der Waals surface area contributed by atoms with Gasteiger partial charge in [0.15, 0.2) is 0 Å². The minimum Gasteiger partial charge on any atom is -0.309 e. The Hall–Kier alpha value is -0.640. The number of halogens is 3. The molecule has 0 bridgehead atoms. The average Bonchev–Trinajstić information content (AvgIpc) is 3.07. The van der Waals surface area contributed by atoms with Gasteiger partial charge in [0.1, 0.15) is 0 Å². The van der Waals surface area contributed by atoms with Gasteiger partial charge in [-0.15, -0.1) is 11.3 Å². The number of thiophene rings is 1. The third-order valence-corrected chi connectivity index (χ3v) is 5.65. The molecule has 1 aromatic rings. The van der Waals surface area contributed by atoms with Crippen molar-refractivity contribution in [2.45, 2.75) is 49.3 Å². The van der Waals surface area contributed by atoms with Crippen LogP contribution in [0.15, 0.2) is 16.3 Å². The van der Waals surface area contributed by atoms with Gasteiger partial charge in [0.05, 0.1) is 4.90 Å². The van der Waals surface area contributed by atoms with Crippen molar-refractivity contribution in [2.75, 3.05) is 6.54 Å². The summed E-state index contributed by atoms with van der Waals surface area (Å²) < 4.78 is 62.4. The lowest BCUT2D eigenvalue weighted by Gasteiger charge is -2.09. The number of nitrogens with one attached hydrogen (secondary N) is 2. The van der Waals surface area contributed by atoms with Gasteiger partial charge >= 0.3 is 6.18 Å². The first-order valence-corrected chi connectivity index (χ1v) is 9.00. The molecule has 21 heavy (non-hydrogen) atoms. The molecular weight excluding hydrogens is 325 g/mol. The van der Waals surface area contributed by atoms with Crippen LogP contribution in [0.4, 0.5) is 13.2 Å². The number of sulfonamides is 1. The average molecular weight is 342 g/mol. The molecule has 0 saturated heterocycles. The topological polar surface area (TPSA) is 58.2 Å². The molecule has 4 nitrogen and oxygen atoms in total. The first-order valence-electron chi connectivity index (χ1n) is 6.64. The highest BCUT2D eigenvalue weighted by Crippen LogP contribution is 2.25. The molecule has 0 amide bonds. The van der Waals surface area contributed by atoms with E-state index in [4.69, 9.17) is 0 Å². The van der Waals surface area contributed by atoms with Crippen molar-refractivity contribution in [3.63, 3.8) is 0 Å². The fourth-order valence-electron chi connectivity index (χ4n) is 1.79. The van der Waals surface area contributed by atoms with Crippen LogP contribution in [-0.4, -0.2) is 27.2 Å². The zero-order valence-corrected chi connectivity index (χ0v) is 12.9. The van der Waals surface area contributed by atoms with Crippen LogP contribution < -0.4 is 10.0 Å². The van der Waals surface area contributed by atoms with Gasteiger partial charge in [-0.25, -0.2) is 13.1 Å². The molecular formula is C12H17F3N2O2S2. The molecule has 0 aliphatic heterocycles. The smallest absolute Gasteiger partial charge is 0.309 e. The van der Waals surface area contributed by atoms with Crippen molar-refractivity contribution in [2.24, 2.45) is 0 Å². The van der Waals surface area contributed by atoms with Crippen molar-refractivity contribution in [1.82, 2.24) is 10.0 Å². The molecule has 1 aromatic heterocycles. The molecule has 1 saturated carbocycles. The lowest BCUT2D eigenvalue weighted by Crippen LogP contribution is -2.27. The minimum atomic E-state index is -4.26. The standard InChI is InChI=1S/C12H17F3N2O2S2/c13-12(14,15)5-1-6-17-21(18,19)11-4-7-20-10(11)8-16-9-2-3-9/h4,7,9,16-17H,1-3,5-6,8H2. The maximum atomic E-state index is 12.1. The molecule has 0 aromatic carbocycles. The van der Waals surface area contributed by atoms with E-state index in [9.17, 15) is 21.6 Å². The largest absolute Gasteiger partial charge is 0.389 e. The molecule has 2 rings (SSSR count). The third-order valence-electron chi connectivity index (χ3n) is 3.05. The van der Waals surface area contributed by atoms with Crippen LogP contribution >= 0.6 is 11.3 Å². The van der Waals surface area contributed by atoms with Gasteiger partial charge in [0.25, 0.3) is 0 Å². The Morgan fingerprint density at radius 3 is 2.67 bits per heavy atom. The van der Waals surface area contributed by atoms with Gasteiger partial charge in [-0.2, -0.15) is 13.2 Å². The normalized spacial score (nSPS) is 16.3. The summed E-state index contributed by atoms with van der Waals surface area (Å²) in [7, 11) is -3.74. The summed E-state index contributed by atoms with van der Waals surface area (Å²) in [4.78, 5) is 0.845. The Balaban J connectivity index is 1.88. The summed E-state index contributed by atoms with van der Waals surface area (Å²) >= 11 is 1.33. The van der Waals surface area contributed by atoms with E-state index in [0.717, 1.165) is 12.8 Å². The predicted octanol–water partition coefficient (Wildman–Crippen LogP) is 2.62. The van der Waals surface area contributed by atoms with Crippen molar-refractivity contribution >= 4 is 21.4 Å². The van der Waals surface area contributed by atoms with Gasteiger partial charge in [-0.1, -0.05) is 0 Å². The van der Waals surface area contributed by atoms with Crippen LogP contribution in [0.5, 0.6) is 0 Å². The van der Waals surface area contributed by atoms with E-state index in [2.05, 4.69) is 10.0 Å². The maximum Gasteiger partial charge on any atom is 0.389 e. The molecule has 0 unspecified atom stereocenters. The quantitative estimate of drug-likeness (QED) is 0.714. The molecule has 1 aliphatic rings. The van der Waals surface area contributed by atoms with Gasteiger partial charge in [-0.05, 0) is 30.7 Å². The van der Waals surface area contributed by atoms with E-state index < -0.39 is 22.6 Å². The van der Waals surface area contributed by atoms with Gasteiger partial charge < -0.3 is 5.32 Å². The van der Waals surface area contributed by atoms with E-state index in [0.29, 0.717) is 17.5 Å². The van der Waals surface area contributed by atoms with Gasteiger partial charge in [0, 0.05) is 30.4 Å². The first kappa shape index (κ1) is 16.7. The highest BCUT2D eigenvalue weighted by Gasteiger charge is 2.27. The summed E-state index contributed by atoms with van der Waals surface area (Å²) in [5.74, 6) is 0. The molecule has 9 heteroatoms. The van der Waals surface area contributed by atoms with E-state index in [1.165, 1.54) is 17.4 Å². The number of hydrogen-bond acceptors (Lipinski definition) is 4. The Kier molecular flexibility index (Phi) is 5.29. The fourth-order valence-corrected chi connectivity index (χ4v) is 4.26. The van der Waals surface area contributed by atoms with Crippen LogP contribution in [0.25, 0.3) is 0 Å². The van der Waals surface area contributed by atoms with E-state index in [-0.39, 0.29) is 17.9 Å². The number of rotatable bonds is 8. The summed E-state index contributed by atoms with van der Waals surface area (Å²) in [6.45, 7) is 0.258. The SMILES string of the molecule is O=S(=O)(NCCCC(F)(F)F)c1ccsc1CNC1CC1. The van der Waals surface area contributed by atoms with Crippen LogP contribution in [0, 0.1) is 0 Å². The van der Waals surface area contributed by atoms with Crippen molar-refractivity contribution in [3.8, 4) is 0 Å². The highest BCUT2D eigenvalue weighted by atomic mass is 32.2. The first-order chi connectivity index (χ1) is 9.78. The lowest BCUT2D eigenvalue weighted by molar-refractivity contribution is -0.135. The van der Waals surface area contributed by atoms with Crippen molar-refractivity contribution in [3.05, 3.63) is 16.3 Å². The summed E-state index contributed by atoms with van der Waals surface area (Å²) in [6, 6.07) is 1.95. The molecule has 1 aliphatic carbocycles. The Morgan fingerprint density at radius 2 is 2.05 bits per heavy atom. The molecule has 120 valence electrons. The van der Waals surface area contributed by atoms with E-state index in [1.54, 1.807) is 5.38 Å². The molecule has 2 N–H and O–H groups in total. The van der Waals surface area contributed by atoms with Crippen molar-refractivity contribution in [1.29, 1.82) is 0 Å². The minimum absolute atomic E-state index is 0.160. The summed E-state index contributed by atoms with van der Waals surface area (Å²) in [5, 5.41) is 4.90. The Labute approximate surface area is 125 Å². The zero-order valence-electron chi connectivity index (χ0n) is 11.2. The summed E-state index contributed by atoms with van der Waals surface area (Å²) in [6.07, 6.45) is -3.31. The zero-order chi connectivity index (χ0) is 15.5. The Bertz CT molecular complexity index is 565. The second-order valence-corrected chi connectivity index (χ2v) is 7.72. The molecule has 1 fully saturated rings. The molecule has 0 spiro atoms. The lowest BCUT2D eigenvalue weighted by atomic mass is 10.3.